The topological polar surface area (TPSA) is 39.7 Å². The molecule has 2 aromatic rings. The summed E-state index contributed by atoms with van der Waals surface area (Å²) in [5.41, 5.74) is -0.0540. The number of amides is 1. The van der Waals surface area contributed by atoms with E-state index in [1.165, 1.54) is 18.2 Å². The Morgan fingerprint density at radius 3 is 2.43 bits per heavy atom. The van der Waals surface area contributed by atoms with Gasteiger partial charge in [-0.05, 0) is 36.8 Å². The van der Waals surface area contributed by atoms with Gasteiger partial charge in [0.1, 0.15) is 11.6 Å². The van der Waals surface area contributed by atoms with E-state index in [1.807, 2.05) is 16.7 Å². The molecule has 30 heavy (non-hydrogen) atoms. The zero-order valence-corrected chi connectivity index (χ0v) is 16.9. The first-order chi connectivity index (χ1) is 14.1. The van der Waals surface area contributed by atoms with Gasteiger partial charge in [-0.3, -0.25) is 9.69 Å². The molecule has 1 aromatic heterocycles. The van der Waals surface area contributed by atoms with Crippen LogP contribution in [0.25, 0.3) is 0 Å². The zero-order valence-electron chi connectivity index (χ0n) is 16.9. The van der Waals surface area contributed by atoms with Crippen LogP contribution in [0.15, 0.2) is 42.6 Å². The molecule has 1 aromatic carbocycles. The Labute approximate surface area is 172 Å². The van der Waals surface area contributed by atoms with Gasteiger partial charge >= 0.3 is 6.18 Å². The lowest BCUT2D eigenvalue weighted by molar-refractivity contribution is -0.138. The van der Waals surface area contributed by atoms with E-state index >= 15 is 0 Å². The molecule has 0 radical (unpaired) electrons. The van der Waals surface area contributed by atoms with Crippen LogP contribution in [0, 0.1) is 5.82 Å². The third kappa shape index (κ3) is 5.27. The van der Waals surface area contributed by atoms with E-state index in [0.29, 0.717) is 38.5 Å². The van der Waals surface area contributed by atoms with Gasteiger partial charge in [0.2, 0.25) is 5.91 Å². The number of nitrogens with zero attached hydrogens (tertiary/aromatic N) is 4. The van der Waals surface area contributed by atoms with Crippen LogP contribution in [0.3, 0.4) is 0 Å². The van der Waals surface area contributed by atoms with Crippen LogP contribution in [0.4, 0.5) is 23.4 Å². The fourth-order valence-electron chi connectivity index (χ4n) is 3.54. The lowest BCUT2D eigenvalue weighted by Gasteiger charge is -2.39. The molecule has 1 fully saturated rings. The number of alkyl halides is 3. The standard InChI is InChI=1S/C21H24F4N4O/c1-15(20(30)27(2)14-16-4-3-5-18(22)12-16)28-8-10-29(11-9-28)19-7-6-17(13-26-19)21(23,24)25/h3-7,12-13,15H,8-11,14H2,1-2H3. The molecule has 0 bridgehead atoms. The minimum Gasteiger partial charge on any atom is -0.354 e. The SMILES string of the molecule is CC(C(=O)N(C)Cc1cccc(F)c1)N1CCN(c2ccc(C(F)(F)F)cn2)CC1. The molecule has 1 aliphatic heterocycles. The van der Waals surface area contributed by atoms with E-state index in [4.69, 9.17) is 0 Å². The maximum absolute atomic E-state index is 13.3. The van der Waals surface area contributed by atoms with Gasteiger partial charge in [0.15, 0.2) is 0 Å². The quantitative estimate of drug-likeness (QED) is 0.690. The van der Waals surface area contributed by atoms with E-state index in [-0.39, 0.29) is 17.8 Å². The highest BCUT2D eigenvalue weighted by molar-refractivity contribution is 5.81. The van der Waals surface area contributed by atoms with Crippen molar-refractivity contribution in [2.24, 2.45) is 0 Å². The van der Waals surface area contributed by atoms with Crippen LogP contribution in [-0.2, 0) is 17.5 Å². The minimum absolute atomic E-state index is 0.0691. The van der Waals surface area contributed by atoms with E-state index in [1.54, 1.807) is 24.1 Å². The van der Waals surface area contributed by atoms with Crippen molar-refractivity contribution in [3.8, 4) is 0 Å². The highest BCUT2D eigenvalue weighted by atomic mass is 19.4. The molecular weight excluding hydrogens is 400 g/mol. The summed E-state index contributed by atoms with van der Waals surface area (Å²) in [6, 6.07) is 8.20. The summed E-state index contributed by atoms with van der Waals surface area (Å²) in [7, 11) is 1.69. The second-order valence-corrected chi connectivity index (χ2v) is 7.43. The third-order valence-electron chi connectivity index (χ3n) is 5.30. The summed E-state index contributed by atoms with van der Waals surface area (Å²) in [5, 5.41) is 0. The molecule has 0 N–H and O–H groups in total. The van der Waals surface area contributed by atoms with Crippen molar-refractivity contribution in [2.75, 3.05) is 38.1 Å². The highest BCUT2D eigenvalue weighted by Gasteiger charge is 2.31. The van der Waals surface area contributed by atoms with E-state index < -0.39 is 11.7 Å². The number of rotatable bonds is 5. The molecule has 1 unspecified atom stereocenters. The molecule has 0 saturated carbocycles. The number of carbonyl (C=O) groups excluding carboxylic acids is 1. The third-order valence-corrected chi connectivity index (χ3v) is 5.30. The average molecular weight is 424 g/mol. The highest BCUT2D eigenvalue weighted by Crippen LogP contribution is 2.29. The molecule has 1 atom stereocenters. The molecule has 1 aliphatic rings. The maximum Gasteiger partial charge on any atom is 0.417 e. The summed E-state index contributed by atoms with van der Waals surface area (Å²) in [4.78, 5) is 22.2. The molecule has 5 nitrogen and oxygen atoms in total. The number of aromatic nitrogens is 1. The summed E-state index contributed by atoms with van der Waals surface area (Å²) in [6.45, 7) is 4.44. The summed E-state index contributed by atoms with van der Waals surface area (Å²) < 4.78 is 51.4. The van der Waals surface area contributed by atoms with Gasteiger partial charge in [-0.15, -0.1) is 0 Å². The Bertz CT molecular complexity index is 864. The molecule has 0 spiro atoms. The van der Waals surface area contributed by atoms with E-state index in [2.05, 4.69) is 4.98 Å². The number of piperazine rings is 1. The van der Waals surface area contributed by atoms with Gasteiger partial charge in [-0.1, -0.05) is 12.1 Å². The zero-order chi connectivity index (χ0) is 21.9. The second kappa shape index (κ2) is 8.99. The minimum atomic E-state index is -4.41. The van der Waals surface area contributed by atoms with Crippen molar-refractivity contribution >= 4 is 11.7 Å². The Balaban J connectivity index is 1.54. The first-order valence-electron chi connectivity index (χ1n) is 9.67. The Kier molecular flexibility index (Phi) is 6.60. The van der Waals surface area contributed by atoms with Crippen LogP contribution >= 0.6 is 0 Å². The van der Waals surface area contributed by atoms with Crippen molar-refractivity contribution in [3.63, 3.8) is 0 Å². The molecule has 9 heteroatoms. The van der Waals surface area contributed by atoms with Crippen molar-refractivity contribution < 1.29 is 22.4 Å². The molecule has 2 heterocycles. The van der Waals surface area contributed by atoms with Crippen LogP contribution < -0.4 is 4.90 Å². The first kappa shape index (κ1) is 22.0. The van der Waals surface area contributed by atoms with Gasteiger partial charge in [0.25, 0.3) is 0 Å². The van der Waals surface area contributed by atoms with Crippen LogP contribution in [0.5, 0.6) is 0 Å². The number of hydrogen-bond donors (Lipinski definition) is 0. The lowest BCUT2D eigenvalue weighted by Crippen LogP contribution is -2.54. The number of anilines is 1. The fraction of sp³-hybridized carbons (Fsp3) is 0.429. The molecular formula is C21H24F4N4O. The van der Waals surface area contributed by atoms with Crippen LogP contribution in [-0.4, -0.2) is 60.0 Å². The molecule has 0 aliphatic carbocycles. The summed E-state index contributed by atoms with van der Waals surface area (Å²) in [6.07, 6.45) is -3.56. The normalized spacial score (nSPS) is 16.4. The fourth-order valence-corrected chi connectivity index (χ4v) is 3.54. The first-order valence-corrected chi connectivity index (χ1v) is 9.67. The van der Waals surface area contributed by atoms with Gasteiger partial charge in [0, 0.05) is 46.0 Å². The van der Waals surface area contributed by atoms with E-state index in [0.717, 1.165) is 17.8 Å². The molecule has 1 saturated heterocycles. The smallest absolute Gasteiger partial charge is 0.354 e. The van der Waals surface area contributed by atoms with Gasteiger partial charge in [-0.2, -0.15) is 13.2 Å². The van der Waals surface area contributed by atoms with Gasteiger partial charge in [0.05, 0.1) is 11.6 Å². The van der Waals surface area contributed by atoms with Gasteiger partial charge < -0.3 is 9.80 Å². The number of hydrogen-bond acceptors (Lipinski definition) is 4. The van der Waals surface area contributed by atoms with E-state index in [9.17, 15) is 22.4 Å². The Hall–Kier alpha value is -2.68. The largest absolute Gasteiger partial charge is 0.417 e. The van der Waals surface area contributed by atoms with Crippen molar-refractivity contribution in [1.82, 2.24) is 14.8 Å². The number of carbonyl (C=O) groups is 1. The van der Waals surface area contributed by atoms with Crippen molar-refractivity contribution in [2.45, 2.75) is 25.7 Å². The van der Waals surface area contributed by atoms with Crippen LogP contribution in [0.1, 0.15) is 18.1 Å². The summed E-state index contributed by atoms with van der Waals surface area (Å²) >= 11 is 0. The van der Waals surface area contributed by atoms with Crippen LogP contribution in [0.2, 0.25) is 0 Å². The Morgan fingerprint density at radius 1 is 1.17 bits per heavy atom. The van der Waals surface area contributed by atoms with Crippen molar-refractivity contribution in [1.29, 1.82) is 0 Å². The monoisotopic (exact) mass is 424 g/mol. The molecule has 3 rings (SSSR count). The Morgan fingerprint density at radius 2 is 1.87 bits per heavy atom. The number of likely N-dealkylation sites (N-methyl/N-ethyl adjacent to an activating group) is 1. The predicted molar refractivity (Wildman–Crippen MR) is 105 cm³/mol. The maximum atomic E-state index is 13.3. The molecule has 1 amide bonds. The van der Waals surface area contributed by atoms with Crippen molar-refractivity contribution in [3.05, 3.63) is 59.5 Å². The molecule has 162 valence electrons. The summed E-state index contributed by atoms with van der Waals surface area (Å²) in [5.74, 6) is 0.0830. The number of pyridine rings is 1. The lowest BCUT2D eigenvalue weighted by atomic mass is 10.1. The predicted octanol–water partition coefficient (Wildman–Crippen LogP) is 3.41. The van der Waals surface area contributed by atoms with Gasteiger partial charge in [-0.25, -0.2) is 9.37 Å². The number of halogens is 4. The average Bonchev–Trinajstić information content (AvgIpc) is 2.72. The number of benzene rings is 1. The second-order valence-electron chi connectivity index (χ2n) is 7.43.